The van der Waals surface area contributed by atoms with Gasteiger partial charge >= 0.3 is 0 Å². The molecule has 2 rings (SSSR count). The summed E-state index contributed by atoms with van der Waals surface area (Å²) in [6.45, 7) is 0.0446. The van der Waals surface area contributed by atoms with E-state index in [1.54, 1.807) is 24.0 Å². The number of nitrogens with zero attached hydrogens (tertiary/aromatic N) is 1. The Hall–Kier alpha value is -0.720. The first-order chi connectivity index (χ1) is 6.79. The van der Waals surface area contributed by atoms with Crippen LogP contribution in [0.25, 0.3) is 0 Å². The molecule has 5 nitrogen and oxygen atoms in total. The van der Waals surface area contributed by atoms with Crippen molar-refractivity contribution >= 4 is 17.6 Å². The molecule has 0 spiro atoms. The van der Waals surface area contributed by atoms with Gasteiger partial charge in [-0.3, -0.25) is 0 Å². The second-order valence-electron chi connectivity index (χ2n) is 3.12. The Kier molecular flexibility index (Phi) is 2.95. The molecule has 3 atom stereocenters. The van der Waals surface area contributed by atoms with Crippen molar-refractivity contribution < 1.29 is 9.84 Å². The Labute approximate surface area is 86.4 Å². The summed E-state index contributed by atoms with van der Waals surface area (Å²) in [5.41, 5.74) is 5.45. The lowest BCUT2D eigenvalue weighted by Crippen LogP contribution is -2.41. The van der Waals surface area contributed by atoms with Crippen LogP contribution in [0.5, 0.6) is 0 Å². The zero-order valence-corrected chi connectivity index (χ0v) is 8.41. The Bertz CT molecular complexity index is 269. The minimum absolute atomic E-state index is 0.0133. The molecule has 1 fully saturated rings. The molecule has 1 unspecified atom stereocenters. The van der Waals surface area contributed by atoms with Crippen LogP contribution >= 0.6 is 11.8 Å². The van der Waals surface area contributed by atoms with E-state index in [4.69, 9.17) is 15.6 Å². The molecule has 2 aliphatic rings. The number of hydrogen-bond acceptors (Lipinski definition) is 6. The fourth-order valence-corrected chi connectivity index (χ4v) is 2.39. The highest BCUT2D eigenvalue weighted by atomic mass is 32.2. The highest BCUT2D eigenvalue weighted by Gasteiger charge is 2.32. The Balaban J connectivity index is 1.94. The smallest absolute Gasteiger partial charge is 0.147 e. The van der Waals surface area contributed by atoms with Crippen molar-refractivity contribution in [3.8, 4) is 0 Å². The predicted molar refractivity (Wildman–Crippen MR) is 55.9 cm³/mol. The van der Waals surface area contributed by atoms with Crippen molar-refractivity contribution in [2.45, 2.75) is 17.7 Å². The number of thioether (sulfide) groups is 1. The van der Waals surface area contributed by atoms with E-state index in [9.17, 15) is 0 Å². The van der Waals surface area contributed by atoms with Crippen molar-refractivity contribution in [3.05, 3.63) is 12.3 Å². The van der Waals surface area contributed by atoms with Crippen molar-refractivity contribution in [1.82, 2.24) is 5.32 Å². The number of amidine groups is 1. The summed E-state index contributed by atoms with van der Waals surface area (Å²) in [5, 5.41) is 12.0. The number of hydrogen-bond donors (Lipinski definition) is 3. The molecule has 0 saturated carbocycles. The van der Waals surface area contributed by atoms with Crippen LogP contribution in [0.1, 0.15) is 0 Å². The SMILES string of the molecule is NC1=NC([C@@H]2CS[C@H](CO)O2)NC=C1. The fourth-order valence-electron chi connectivity index (χ4n) is 1.40. The van der Waals surface area contributed by atoms with Crippen molar-refractivity contribution in [2.75, 3.05) is 12.4 Å². The fraction of sp³-hybridized carbons (Fsp3) is 0.625. The monoisotopic (exact) mass is 215 g/mol. The number of rotatable bonds is 2. The van der Waals surface area contributed by atoms with E-state index >= 15 is 0 Å². The van der Waals surface area contributed by atoms with Crippen LogP contribution in [-0.2, 0) is 4.74 Å². The third kappa shape index (κ3) is 2.02. The third-order valence-electron chi connectivity index (χ3n) is 2.08. The molecule has 1 saturated heterocycles. The van der Waals surface area contributed by atoms with Gasteiger partial charge in [-0.1, -0.05) is 0 Å². The largest absolute Gasteiger partial charge is 0.393 e. The van der Waals surface area contributed by atoms with E-state index in [2.05, 4.69) is 10.3 Å². The van der Waals surface area contributed by atoms with Gasteiger partial charge in [0.15, 0.2) is 0 Å². The van der Waals surface area contributed by atoms with Crippen LogP contribution in [0.3, 0.4) is 0 Å². The molecule has 2 heterocycles. The lowest BCUT2D eigenvalue weighted by molar-refractivity contribution is 0.0191. The van der Waals surface area contributed by atoms with E-state index < -0.39 is 0 Å². The topological polar surface area (TPSA) is 79.9 Å². The first-order valence-electron chi connectivity index (χ1n) is 4.43. The first-order valence-corrected chi connectivity index (χ1v) is 5.48. The highest BCUT2D eigenvalue weighted by molar-refractivity contribution is 8.00. The van der Waals surface area contributed by atoms with Crippen LogP contribution in [-0.4, -0.2) is 41.0 Å². The predicted octanol–water partition coefficient (Wildman–Crippen LogP) is -0.763. The Morgan fingerprint density at radius 2 is 2.64 bits per heavy atom. The average molecular weight is 215 g/mol. The van der Waals surface area contributed by atoms with Gasteiger partial charge in [-0.2, -0.15) is 0 Å². The molecule has 0 aromatic heterocycles. The zero-order valence-electron chi connectivity index (χ0n) is 7.59. The lowest BCUT2D eigenvalue weighted by atomic mass is 10.3. The van der Waals surface area contributed by atoms with Crippen molar-refractivity contribution in [1.29, 1.82) is 0 Å². The van der Waals surface area contributed by atoms with Crippen LogP contribution < -0.4 is 11.1 Å². The Morgan fingerprint density at radius 3 is 3.29 bits per heavy atom. The summed E-state index contributed by atoms with van der Waals surface area (Å²) < 4.78 is 5.55. The number of nitrogens with two attached hydrogens (primary N) is 1. The third-order valence-corrected chi connectivity index (χ3v) is 3.24. The molecule has 78 valence electrons. The van der Waals surface area contributed by atoms with Crippen molar-refractivity contribution in [3.63, 3.8) is 0 Å². The van der Waals surface area contributed by atoms with E-state index in [-0.39, 0.29) is 24.3 Å². The summed E-state index contributed by atoms with van der Waals surface area (Å²) in [6.07, 6.45) is 3.35. The maximum absolute atomic E-state index is 8.89. The quantitative estimate of drug-likeness (QED) is 0.564. The molecule has 0 bridgehead atoms. The molecule has 14 heavy (non-hydrogen) atoms. The van der Waals surface area contributed by atoms with Gasteiger partial charge in [-0.05, 0) is 6.08 Å². The van der Waals surface area contributed by atoms with Gasteiger partial charge in [0.2, 0.25) is 0 Å². The van der Waals surface area contributed by atoms with Crippen LogP contribution in [0, 0.1) is 0 Å². The highest BCUT2D eigenvalue weighted by Crippen LogP contribution is 2.27. The summed E-state index contributed by atoms with van der Waals surface area (Å²) in [7, 11) is 0. The van der Waals surface area contributed by atoms with Gasteiger partial charge in [0.05, 0.1) is 6.61 Å². The number of ether oxygens (including phenoxy) is 1. The van der Waals surface area contributed by atoms with Gasteiger partial charge in [0.25, 0.3) is 0 Å². The minimum Gasteiger partial charge on any atom is -0.393 e. The molecule has 0 aromatic carbocycles. The van der Waals surface area contributed by atoms with Crippen molar-refractivity contribution in [2.24, 2.45) is 10.7 Å². The number of nitrogens with one attached hydrogen (secondary N) is 1. The standard InChI is InChI=1S/C8H13N3O2S/c9-6-1-2-10-8(11-6)5-4-14-7(3-12)13-5/h1-2,5,7-8,10,12H,3-4H2,(H2,9,11)/t5-,7+,8?/m0/s1. The van der Waals surface area contributed by atoms with Crippen LogP contribution in [0.15, 0.2) is 17.3 Å². The summed E-state index contributed by atoms with van der Waals surface area (Å²) in [6, 6.07) is 0. The molecular weight excluding hydrogens is 202 g/mol. The number of aliphatic imine (C=N–C) groups is 1. The number of aliphatic hydroxyl groups excluding tert-OH is 1. The minimum atomic E-state index is -0.121. The maximum Gasteiger partial charge on any atom is 0.147 e. The number of aliphatic hydroxyl groups is 1. The second kappa shape index (κ2) is 4.20. The average Bonchev–Trinajstić information content (AvgIpc) is 2.66. The summed E-state index contributed by atoms with van der Waals surface area (Å²) in [5.74, 6) is 1.34. The van der Waals surface area contributed by atoms with E-state index in [1.165, 1.54) is 0 Å². The van der Waals surface area contributed by atoms with E-state index in [0.717, 1.165) is 5.75 Å². The Morgan fingerprint density at radius 1 is 1.79 bits per heavy atom. The summed E-state index contributed by atoms with van der Waals surface area (Å²) in [4.78, 5) is 4.21. The van der Waals surface area contributed by atoms with Gasteiger partial charge in [0, 0.05) is 12.0 Å². The lowest BCUT2D eigenvalue weighted by Gasteiger charge is -2.22. The van der Waals surface area contributed by atoms with Gasteiger partial charge in [-0.15, -0.1) is 11.8 Å². The van der Waals surface area contributed by atoms with E-state index in [0.29, 0.717) is 5.84 Å². The van der Waals surface area contributed by atoms with Gasteiger partial charge in [0.1, 0.15) is 23.5 Å². The van der Waals surface area contributed by atoms with Crippen LogP contribution in [0.2, 0.25) is 0 Å². The normalized spacial score (nSPS) is 36.6. The zero-order chi connectivity index (χ0) is 9.97. The van der Waals surface area contributed by atoms with Gasteiger partial charge < -0.3 is 20.9 Å². The van der Waals surface area contributed by atoms with Crippen LogP contribution in [0.4, 0.5) is 0 Å². The molecule has 2 aliphatic heterocycles. The molecule has 0 aromatic rings. The maximum atomic E-state index is 8.89. The van der Waals surface area contributed by atoms with Gasteiger partial charge in [-0.25, -0.2) is 4.99 Å². The molecule has 4 N–H and O–H groups in total. The second-order valence-corrected chi connectivity index (χ2v) is 4.31. The molecule has 0 aliphatic carbocycles. The summed E-state index contributed by atoms with van der Waals surface area (Å²) >= 11 is 1.60. The molecular formula is C8H13N3O2S. The van der Waals surface area contributed by atoms with E-state index in [1.807, 2.05) is 0 Å². The first kappa shape index (κ1) is 9.82. The molecule has 0 radical (unpaired) electrons. The molecule has 0 amide bonds. The molecule has 6 heteroatoms.